The lowest BCUT2D eigenvalue weighted by molar-refractivity contribution is -0.127. The third-order valence-electron chi connectivity index (χ3n) is 4.08. The highest BCUT2D eigenvalue weighted by atomic mass is 16.1. The van der Waals surface area contributed by atoms with Gasteiger partial charge in [0.25, 0.3) is 0 Å². The Morgan fingerprint density at radius 2 is 2.12 bits per heavy atom. The maximum Gasteiger partial charge on any atom is 0.223 e. The van der Waals surface area contributed by atoms with Crippen molar-refractivity contribution in [1.29, 1.82) is 0 Å². The molecule has 0 radical (unpaired) electrons. The molecule has 3 heteroatoms. The average Bonchev–Trinajstić information content (AvgIpc) is 2.31. The molecular weight excluding hydrogens is 212 g/mol. The first-order valence-corrected chi connectivity index (χ1v) is 7.14. The van der Waals surface area contributed by atoms with Crippen LogP contribution in [0.2, 0.25) is 0 Å². The molecule has 0 bridgehead atoms. The van der Waals surface area contributed by atoms with E-state index in [-0.39, 0.29) is 17.9 Å². The fourth-order valence-corrected chi connectivity index (χ4v) is 2.70. The molecule has 0 aromatic heterocycles. The van der Waals surface area contributed by atoms with Crippen LogP contribution in [-0.4, -0.2) is 18.0 Å². The van der Waals surface area contributed by atoms with Gasteiger partial charge in [-0.3, -0.25) is 4.79 Å². The zero-order valence-electron chi connectivity index (χ0n) is 11.5. The molecule has 3 nitrogen and oxygen atoms in total. The predicted octanol–water partition coefficient (Wildman–Crippen LogP) is 2.44. The van der Waals surface area contributed by atoms with Gasteiger partial charge in [0, 0.05) is 18.0 Å². The van der Waals surface area contributed by atoms with E-state index in [2.05, 4.69) is 26.1 Å². The smallest absolute Gasteiger partial charge is 0.223 e. The topological polar surface area (TPSA) is 55.1 Å². The summed E-state index contributed by atoms with van der Waals surface area (Å²) in [5, 5.41) is 3.19. The van der Waals surface area contributed by atoms with Gasteiger partial charge in [0.1, 0.15) is 0 Å². The minimum atomic E-state index is 0.190. The molecule has 3 N–H and O–H groups in total. The van der Waals surface area contributed by atoms with Gasteiger partial charge < -0.3 is 11.1 Å². The minimum absolute atomic E-state index is 0.190. The van der Waals surface area contributed by atoms with Crippen LogP contribution in [0, 0.1) is 11.8 Å². The molecular formula is C14H28N2O. The normalized spacial score (nSPS) is 30.9. The SMILES string of the molecule is CCCC(CC)NC(=O)C1CCC(N)C(C)C1. The van der Waals surface area contributed by atoms with Crippen LogP contribution in [0.3, 0.4) is 0 Å². The van der Waals surface area contributed by atoms with Crippen molar-refractivity contribution in [2.75, 3.05) is 0 Å². The van der Waals surface area contributed by atoms with Gasteiger partial charge in [0.2, 0.25) is 5.91 Å². The molecule has 0 saturated heterocycles. The van der Waals surface area contributed by atoms with Crippen LogP contribution in [-0.2, 0) is 4.79 Å². The van der Waals surface area contributed by atoms with Gasteiger partial charge in [0.05, 0.1) is 0 Å². The summed E-state index contributed by atoms with van der Waals surface area (Å²) in [4.78, 5) is 12.1. The number of hydrogen-bond donors (Lipinski definition) is 2. The molecule has 1 amide bonds. The largest absolute Gasteiger partial charge is 0.353 e. The van der Waals surface area contributed by atoms with Crippen molar-refractivity contribution >= 4 is 5.91 Å². The summed E-state index contributed by atoms with van der Waals surface area (Å²) < 4.78 is 0. The second-order valence-corrected chi connectivity index (χ2v) is 5.55. The zero-order valence-corrected chi connectivity index (χ0v) is 11.5. The van der Waals surface area contributed by atoms with Gasteiger partial charge in [0.15, 0.2) is 0 Å². The number of hydrogen-bond acceptors (Lipinski definition) is 2. The van der Waals surface area contributed by atoms with Crippen molar-refractivity contribution in [3.8, 4) is 0 Å². The lowest BCUT2D eigenvalue weighted by atomic mass is 9.79. The molecule has 0 heterocycles. The monoisotopic (exact) mass is 240 g/mol. The van der Waals surface area contributed by atoms with Crippen LogP contribution in [0.1, 0.15) is 59.3 Å². The molecule has 0 spiro atoms. The molecule has 1 fully saturated rings. The summed E-state index contributed by atoms with van der Waals surface area (Å²) in [6.45, 7) is 6.46. The minimum Gasteiger partial charge on any atom is -0.353 e. The second kappa shape index (κ2) is 7.00. The highest BCUT2D eigenvalue weighted by Gasteiger charge is 2.29. The number of carbonyl (C=O) groups is 1. The van der Waals surface area contributed by atoms with E-state index >= 15 is 0 Å². The Labute approximate surface area is 106 Å². The van der Waals surface area contributed by atoms with E-state index in [1.165, 1.54) is 0 Å². The molecule has 4 unspecified atom stereocenters. The lowest BCUT2D eigenvalue weighted by Gasteiger charge is -2.32. The number of rotatable bonds is 5. The summed E-state index contributed by atoms with van der Waals surface area (Å²) in [5.74, 6) is 0.922. The second-order valence-electron chi connectivity index (χ2n) is 5.55. The van der Waals surface area contributed by atoms with Gasteiger partial charge in [-0.15, -0.1) is 0 Å². The van der Waals surface area contributed by atoms with Gasteiger partial charge >= 0.3 is 0 Å². The Kier molecular flexibility index (Phi) is 5.96. The molecule has 0 aromatic rings. The fraction of sp³-hybridized carbons (Fsp3) is 0.929. The summed E-state index contributed by atoms with van der Waals surface area (Å²) in [5.41, 5.74) is 5.98. The van der Waals surface area contributed by atoms with Gasteiger partial charge in [-0.25, -0.2) is 0 Å². The van der Waals surface area contributed by atoms with Gasteiger partial charge in [-0.2, -0.15) is 0 Å². The Bertz CT molecular complexity index is 242. The van der Waals surface area contributed by atoms with Gasteiger partial charge in [-0.05, 0) is 38.0 Å². The van der Waals surface area contributed by atoms with Crippen LogP contribution in [0.4, 0.5) is 0 Å². The van der Waals surface area contributed by atoms with Crippen LogP contribution in [0.25, 0.3) is 0 Å². The van der Waals surface area contributed by atoms with Crippen molar-refractivity contribution in [1.82, 2.24) is 5.32 Å². The molecule has 17 heavy (non-hydrogen) atoms. The van der Waals surface area contributed by atoms with E-state index in [0.717, 1.165) is 38.5 Å². The quantitative estimate of drug-likeness (QED) is 0.775. The highest BCUT2D eigenvalue weighted by Crippen LogP contribution is 2.28. The Morgan fingerprint density at radius 1 is 1.41 bits per heavy atom. The number of carbonyl (C=O) groups excluding carboxylic acids is 1. The predicted molar refractivity (Wildman–Crippen MR) is 71.6 cm³/mol. The summed E-state index contributed by atoms with van der Waals surface area (Å²) in [7, 11) is 0. The summed E-state index contributed by atoms with van der Waals surface area (Å²) in [6, 6.07) is 0.648. The molecule has 1 rings (SSSR count). The van der Waals surface area contributed by atoms with E-state index in [9.17, 15) is 4.79 Å². The van der Waals surface area contributed by atoms with E-state index in [1.807, 2.05) is 0 Å². The highest BCUT2D eigenvalue weighted by molar-refractivity contribution is 5.79. The molecule has 0 aromatic carbocycles. The number of amides is 1. The van der Waals surface area contributed by atoms with E-state index in [4.69, 9.17) is 5.73 Å². The fourth-order valence-electron chi connectivity index (χ4n) is 2.70. The molecule has 1 aliphatic rings. The number of nitrogens with one attached hydrogen (secondary N) is 1. The van der Waals surface area contributed by atoms with E-state index in [0.29, 0.717) is 12.0 Å². The maximum atomic E-state index is 12.1. The van der Waals surface area contributed by atoms with Crippen molar-refractivity contribution in [3.05, 3.63) is 0 Å². The van der Waals surface area contributed by atoms with Crippen LogP contribution >= 0.6 is 0 Å². The summed E-state index contributed by atoms with van der Waals surface area (Å²) in [6.07, 6.45) is 6.15. The Hall–Kier alpha value is -0.570. The zero-order chi connectivity index (χ0) is 12.8. The first-order valence-electron chi connectivity index (χ1n) is 7.14. The first kappa shape index (κ1) is 14.5. The average molecular weight is 240 g/mol. The molecule has 1 aliphatic carbocycles. The standard InChI is InChI=1S/C14H28N2O/c1-4-6-12(5-2)16-14(17)11-7-8-13(15)10(3)9-11/h10-13H,4-9,15H2,1-3H3,(H,16,17). The third-order valence-corrected chi connectivity index (χ3v) is 4.08. The van der Waals surface area contributed by atoms with Crippen molar-refractivity contribution < 1.29 is 4.79 Å². The number of nitrogens with two attached hydrogens (primary N) is 1. The first-order chi connectivity index (χ1) is 8.08. The Morgan fingerprint density at radius 3 is 2.65 bits per heavy atom. The molecule has 4 atom stereocenters. The lowest BCUT2D eigenvalue weighted by Crippen LogP contribution is -2.43. The van der Waals surface area contributed by atoms with E-state index < -0.39 is 0 Å². The van der Waals surface area contributed by atoms with Crippen molar-refractivity contribution in [2.45, 2.75) is 71.4 Å². The van der Waals surface area contributed by atoms with E-state index in [1.54, 1.807) is 0 Å². The molecule has 100 valence electrons. The van der Waals surface area contributed by atoms with Crippen LogP contribution in [0.15, 0.2) is 0 Å². The Balaban J connectivity index is 2.41. The molecule has 0 aliphatic heterocycles. The van der Waals surface area contributed by atoms with Crippen LogP contribution in [0.5, 0.6) is 0 Å². The third kappa shape index (κ3) is 4.30. The van der Waals surface area contributed by atoms with Gasteiger partial charge in [-0.1, -0.05) is 27.2 Å². The van der Waals surface area contributed by atoms with Crippen molar-refractivity contribution in [2.24, 2.45) is 17.6 Å². The molecule has 1 saturated carbocycles. The van der Waals surface area contributed by atoms with Crippen LogP contribution < -0.4 is 11.1 Å². The maximum absolute atomic E-state index is 12.1. The summed E-state index contributed by atoms with van der Waals surface area (Å²) >= 11 is 0. The van der Waals surface area contributed by atoms with Crippen molar-refractivity contribution in [3.63, 3.8) is 0 Å².